The summed E-state index contributed by atoms with van der Waals surface area (Å²) >= 11 is 1.05. The van der Waals surface area contributed by atoms with Crippen molar-refractivity contribution in [2.24, 2.45) is 0 Å². The number of benzene rings is 1. The van der Waals surface area contributed by atoms with E-state index in [1.165, 1.54) is 17.8 Å². The Hall–Kier alpha value is -3.43. The number of nitrogens with two attached hydrogens (primary N) is 1. The summed E-state index contributed by atoms with van der Waals surface area (Å²) in [6, 6.07) is 7.90. The van der Waals surface area contributed by atoms with Gasteiger partial charge in [0.25, 0.3) is 11.5 Å². The molecule has 254 valence electrons. The monoisotopic (exact) mass is 697 g/mol. The molecule has 9 atom stereocenters. The number of imide groups is 1. The molecular weight excluding hydrogens is 665 g/mol. The van der Waals surface area contributed by atoms with E-state index in [-0.39, 0.29) is 30.0 Å². The maximum absolute atomic E-state index is 13.0. The number of nitrogens with one attached hydrogen (secondary N) is 2. The molecule has 3 aliphatic heterocycles. The lowest BCUT2D eigenvalue weighted by Crippen LogP contribution is -2.69. The number of thioether (sulfide) groups is 1. The number of amides is 3. The smallest absolute Gasteiger partial charge is 0.394 e. The number of urea groups is 1. The Morgan fingerprint density at radius 2 is 1.89 bits per heavy atom. The summed E-state index contributed by atoms with van der Waals surface area (Å²) in [5.74, 6) is -1.07. The molecule has 3 amide bonds. The zero-order valence-corrected chi connectivity index (χ0v) is 26.3. The second kappa shape index (κ2) is 12.9. The number of carbonyl (C=O) groups excluding carboxylic acids is 2. The van der Waals surface area contributed by atoms with E-state index in [2.05, 4.69) is 20.3 Å². The Labute approximate surface area is 269 Å². The SMILES string of the molecule is C[C@]1(O)C(=O)NC(=O)N([C@H]2C[C@H](O)[C@@H](COP(=O)(O)O[C@H]3C[C@H](n4cnc5c(=O)[nH]c(N)nc54)O[C@@H]3CO)O2)[C@H]1Sc1ccccc1. The first kappa shape index (κ1) is 33.5. The molecule has 2 aromatic heterocycles. The summed E-state index contributed by atoms with van der Waals surface area (Å²) in [4.78, 5) is 60.4. The molecule has 0 saturated carbocycles. The lowest BCUT2D eigenvalue weighted by molar-refractivity contribution is -0.150. The highest BCUT2D eigenvalue weighted by atomic mass is 32.2. The van der Waals surface area contributed by atoms with Crippen LogP contribution in [0.3, 0.4) is 0 Å². The van der Waals surface area contributed by atoms with Gasteiger partial charge in [-0.15, -0.1) is 0 Å². The van der Waals surface area contributed by atoms with E-state index in [1.807, 2.05) is 0 Å². The van der Waals surface area contributed by atoms with E-state index in [9.17, 15) is 39.2 Å². The molecule has 0 aliphatic carbocycles. The van der Waals surface area contributed by atoms with Crippen LogP contribution in [0.25, 0.3) is 11.2 Å². The lowest BCUT2D eigenvalue weighted by atomic mass is 10.0. The number of aliphatic hydroxyl groups excluding tert-OH is 2. The van der Waals surface area contributed by atoms with Crippen LogP contribution in [0.15, 0.2) is 46.3 Å². The molecule has 0 radical (unpaired) electrons. The summed E-state index contributed by atoms with van der Waals surface area (Å²) in [5.41, 5.74) is 3.11. The molecule has 5 heterocycles. The number of fused-ring (bicyclic) bond motifs is 1. The van der Waals surface area contributed by atoms with Gasteiger partial charge >= 0.3 is 13.9 Å². The van der Waals surface area contributed by atoms with Crippen LogP contribution >= 0.6 is 19.6 Å². The van der Waals surface area contributed by atoms with Crippen molar-refractivity contribution in [3.63, 3.8) is 0 Å². The minimum Gasteiger partial charge on any atom is -0.394 e. The number of ether oxygens (including phenoxy) is 2. The topological polar surface area (TPSA) is 274 Å². The van der Waals surface area contributed by atoms with Gasteiger partial charge in [0.05, 0.1) is 25.6 Å². The van der Waals surface area contributed by atoms with Crippen molar-refractivity contribution < 1.29 is 52.9 Å². The summed E-state index contributed by atoms with van der Waals surface area (Å²) in [6.45, 7) is 0.0135. The third-order valence-electron chi connectivity index (χ3n) is 7.95. The molecule has 0 spiro atoms. The summed E-state index contributed by atoms with van der Waals surface area (Å²) in [5, 5.41) is 32.6. The van der Waals surface area contributed by atoms with Crippen molar-refractivity contribution >= 4 is 48.6 Å². The second-order valence-corrected chi connectivity index (χ2v) is 13.8. The average Bonchev–Trinajstić information content (AvgIpc) is 3.72. The number of rotatable bonds is 10. The number of hydrogen-bond donors (Lipinski definition) is 7. The summed E-state index contributed by atoms with van der Waals surface area (Å²) in [6.07, 6.45) is -5.75. The number of hydrogen-bond acceptors (Lipinski definition) is 15. The molecule has 3 aliphatic rings. The third kappa shape index (κ3) is 6.66. The predicted octanol–water partition coefficient (Wildman–Crippen LogP) is -0.619. The quantitative estimate of drug-likeness (QED) is 0.130. The van der Waals surface area contributed by atoms with Crippen molar-refractivity contribution in [2.45, 2.75) is 72.5 Å². The van der Waals surface area contributed by atoms with Gasteiger partial charge in [-0.1, -0.05) is 30.0 Å². The minimum atomic E-state index is -4.87. The fourth-order valence-corrected chi connectivity index (χ4v) is 7.78. The standard InChI is InChI=1S/C26H32N7O12PS/c1-26(39)22(37)31-25(38)33(23(26)47-12-5-3-2-4-6-12)18-7-13(35)16(44-18)10-42-46(40,41)45-14-8-17(43-15(14)9-34)32-11-28-19-20(32)29-24(27)30-21(19)36/h2-6,11,13-18,23,34-35,39H,7-10H2,1H3,(H,40,41)(H,31,37,38)(H3,27,29,30,36)/t13-,14-,15+,16+,17+,18+,23-,26-/m0/s1. The van der Waals surface area contributed by atoms with Gasteiger partial charge in [0.2, 0.25) is 5.95 Å². The van der Waals surface area contributed by atoms with E-state index in [0.717, 1.165) is 16.7 Å². The third-order valence-corrected chi connectivity index (χ3v) is 10.4. The zero-order chi connectivity index (χ0) is 33.7. The molecule has 19 nitrogen and oxygen atoms in total. The largest absolute Gasteiger partial charge is 0.472 e. The van der Waals surface area contributed by atoms with Gasteiger partial charge in [-0.3, -0.25) is 38.4 Å². The van der Waals surface area contributed by atoms with Crippen LogP contribution in [0.1, 0.15) is 26.0 Å². The fourth-order valence-electron chi connectivity index (χ4n) is 5.56. The van der Waals surface area contributed by atoms with Crippen molar-refractivity contribution in [1.29, 1.82) is 0 Å². The van der Waals surface area contributed by atoms with Crippen LogP contribution in [-0.4, -0.2) is 111 Å². The number of H-pyrrole nitrogens is 1. The Morgan fingerprint density at radius 1 is 1.17 bits per heavy atom. The maximum atomic E-state index is 13.0. The van der Waals surface area contributed by atoms with Crippen molar-refractivity contribution in [3.05, 3.63) is 47.0 Å². The van der Waals surface area contributed by atoms with E-state index >= 15 is 0 Å². The molecule has 47 heavy (non-hydrogen) atoms. The van der Waals surface area contributed by atoms with E-state index in [1.54, 1.807) is 30.3 Å². The number of aliphatic hydroxyl groups is 3. The Bertz CT molecular complexity index is 1760. The van der Waals surface area contributed by atoms with Crippen molar-refractivity contribution in [1.82, 2.24) is 29.7 Å². The number of phosphoric ester groups is 1. The lowest BCUT2D eigenvalue weighted by Gasteiger charge is -2.45. The normalized spacial score (nSPS) is 32.5. The highest BCUT2D eigenvalue weighted by molar-refractivity contribution is 8.00. The van der Waals surface area contributed by atoms with E-state index < -0.39 is 86.4 Å². The van der Waals surface area contributed by atoms with Gasteiger partial charge in [-0.05, 0) is 19.1 Å². The number of nitrogens with zero attached hydrogens (tertiary/aromatic N) is 4. The predicted molar refractivity (Wildman–Crippen MR) is 160 cm³/mol. The van der Waals surface area contributed by atoms with E-state index in [0.29, 0.717) is 4.90 Å². The number of nitrogen functional groups attached to an aromatic ring is 1. The molecule has 1 unspecified atom stereocenters. The second-order valence-electron chi connectivity index (χ2n) is 11.3. The molecule has 6 rings (SSSR count). The zero-order valence-electron chi connectivity index (χ0n) is 24.6. The molecule has 0 bridgehead atoms. The van der Waals surface area contributed by atoms with Crippen LogP contribution in [0.2, 0.25) is 0 Å². The van der Waals surface area contributed by atoms with E-state index in [4.69, 9.17) is 24.3 Å². The first-order chi connectivity index (χ1) is 22.3. The van der Waals surface area contributed by atoms with Crippen LogP contribution in [-0.2, 0) is 27.9 Å². The van der Waals surface area contributed by atoms with Crippen molar-refractivity contribution in [2.75, 3.05) is 18.9 Å². The Morgan fingerprint density at radius 3 is 2.62 bits per heavy atom. The highest BCUT2D eigenvalue weighted by Gasteiger charge is 2.55. The number of phosphoric acid groups is 1. The number of imidazole rings is 1. The van der Waals surface area contributed by atoms with Crippen molar-refractivity contribution in [3.8, 4) is 0 Å². The Kier molecular flexibility index (Phi) is 9.17. The molecule has 21 heteroatoms. The average molecular weight is 698 g/mol. The van der Waals surface area contributed by atoms with Crippen LogP contribution in [0.5, 0.6) is 0 Å². The van der Waals surface area contributed by atoms with Crippen LogP contribution in [0.4, 0.5) is 10.7 Å². The van der Waals surface area contributed by atoms with Gasteiger partial charge in [-0.2, -0.15) is 4.98 Å². The number of anilines is 1. The molecule has 3 saturated heterocycles. The molecule has 1 aromatic carbocycles. The summed E-state index contributed by atoms with van der Waals surface area (Å²) < 4.78 is 36.5. The molecule has 3 aromatic rings. The molecular formula is C26H32N7O12PS. The van der Waals surface area contributed by atoms with Crippen LogP contribution < -0.4 is 16.6 Å². The van der Waals surface area contributed by atoms with Gasteiger partial charge in [-0.25, -0.2) is 14.3 Å². The number of aromatic amines is 1. The fraction of sp³-hybridized carbons (Fsp3) is 0.500. The van der Waals surface area contributed by atoms with Gasteiger partial charge in [0.1, 0.15) is 36.1 Å². The maximum Gasteiger partial charge on any atom is 0.472 e. The number of aromatic nitrogens is 4. The molecule has 3 fully saturated rings. The minimum absolute atomic E-state index is 0.0143. The van der Waals surface area contributed by atoms with Gasteiger partial charge in [0.15, 0.2) is 16.8 Å². The van der Waals surface area contributed by atoms with Crippen LogP contribution in [0, 0.1) is 0 Å². The molecule has 8 N–H and O–H groups in total. The number of carbonyl (C=O) groups is 2. The summed E-state index contributed by atoms with van der Waals surface area (Å²) in [7, 11) is -4.87. The Balaban J connectivity index is 1.11. The van der Waals surface area contributed by atoms with Gasteiger partial charge in [0, 0.05) is 17.7 Å². The van der Waals surface area contributed by atoms with Gasteiger partial charge < -0.3 is 35.4 Å². The highest BCUT2D eigenvalue weighted by Crippen LogP contribution is 2.49. The first-order valence-electron chi connectivity index (χ1n) is 14.3. The first-order valence-corrected chi connectivity index (χ1v) is 16.7.